The summed E-state index contributed by atoms with van der Waals surface area (Å²) in [6, 6.07) is 72.9. The molecule has 10 rings (SSSR count). The minimum Gasteiger partial charge on any atom is -0.310 e. The van der Waals surface area contributed by atoms with Crippen LogP contribution in [0.3, 0.4) is 0 Å². The number of hydrogen-bond donors (Lipinski definition) is 0. The third-order valence-electron chi connectivity index (χ3n) is 10.6. The topological polar surface area (TPSA) is 8.17 Å². The molecule has 53 heavy (non-hydrogen) atoms. The van der Waals surface area contributed by atoms with Gasteiger partial charge < -0.3 is 9.47 Å². The third-order valence-corrected chi connectivity index (χ3v) is 10.6. The van der Waals surface area contributed by atoms with Crippen molar-refractivity contribution < 1.29 is 0 Å². The van der Waals surface area contributed by atoms with E-state index in [0.717, 1.165) is 22.7 Å². The SMILES string of the molecule is Cc1ccc(N(c2ccc(-c3ccccc3)cc2)c2ccc3c4ccccc4n(-c4ccccc4-c4cc5ccccc5c5ccccc45)c3c2)cc1. The van der Waals surface area contributed by atoms with Crippen LogP contribution in [0.2, 0.25) is 0 Å². The zero-order valence-electron chi connectivity index (χ0n) is 29.4. The number of aryl methyl sites for hydroxylation is 1. The molecule has 1 heterocycles. The fourth-order valence-electron chi connectivity index (χ4n) is 8.11. The van der Waals surface area contributed by atoms with Gasteiger partial charge in [-0.15, -0.1) is 0 Å². The summed E-state index contributed by atoms with van der Waals surface area (Å²) < 4.78 is 2.47. The first-order valence-electron chi connectivity index (χ1n) is 18.3. The van der Waals surface area contributed by atoms with E-state index < -0.39 is 0 Å². The monoisotopic (exact) mass is 676 g/mol. The van der Waals surface area contributed by atoms with Crippen molar-refractivity contribution in [2.75, 3.05) is 4.90 Å². The first kappa shape index (κ1) is 30.9. The van der Waals surface area contributed by atoms with Crippen LogP contribution in [0.25, 0.3) is 71.3 Å². The molecule has 0 spiro atoms. The molecule has 0 unspecified atom stereocenters. The van der Waals surface area contributed by atoms with Crippen LogP contribution in [-0.4, -0.2) is 4.57 Å². The lowest BCUT2D eigenvalue weighted by Gasteiger charge is -2.26. The van der Waals surface area contributed by atoms with E-state index in [1.54, 1.807) is 0 Å². The van der Waals surface area contributed by atoms with Crippen molar-refractivity contribution >= 4 is 60.4 Å². The van der Waals surface area contributed by atoms with Crippen molar-refractivity contribution in [3.8, 4) is 27.9 Å². The maximum atomic E-state index is 2.47. The highest BCUT2D eigenvalue weighted by atomic mass is 15.1. The van der Waals surface area contributed by atoms with Crippen LogP contribution in [0.5, 0.6) is 0 Å². The minimum absolute atomic E-state index is 1.10. The lowest BCUT2D eigenvalue weighted by molar-refractivity contribution is 1.18. The molecular formula is C51H36N2. The molecule has 2 heteroatoms. The Morgan fingerprint density at radius 3 is 1.72 bits per heavy atom. The second-order valence-corrected chi connectivity index (χ2v) is 13.8. The molecule has 0 aliphatic heterocycles. The van der Waals surface area contributed by atoms with Gasteiger partial charge in [-0.2, -0.15) is 0 Å². The smallest absolute Gasteiger partial charge is 0.0562 e. The molecule has 0 aliphatic rings. The van der Waals surface area contributed by atoms with E-state index in [4.69, 9.17) is 0 Å². The predicted octanol–water partition coefficient (Wildman–Crippen LogP) is 14.2. The van der Waals surface area contributed by atoms with Crippen LogP contribution in [0.4, 0.5) is 17.1 Å². The summed E-state index contributed by atoms with van der Waals surface area (Å²) in [5.74, 6) is 0. The Balaban J connectivity index is 1.21. The third kappa shape index (κ3) is 5.27. The maximum Gasteiger partial charge on any atom is 0.0562 e. The molecule has 0 amide bonds. The van der Waals surface area contributed by atoms with Crippen molar-refractivity contribution in [2.24, 2.45) is 0 Å². The van der Waals surface area contributed by atoms with E-state index in [2.05, 4.69) is 217 Å². The highest BCUT2D eigenvalue weighted by Gasteiger charge is 2.20. The second kappa shape index (κ2) is 12.7. The van der Waals surface area contributed by atoms with Gasteiger partial charge in [0.2, 0.25) is 0 Å². The standard InChI is InChI=1S/C51H36N2/c1-35-23-27-39(28-24-35)52(40-29-25-37(26-30-40)36-13-3-2-4-14-36)41-31-32-47-45-19-9-11-21-49(45)53(51(47)34-41)50-22-12-10-20-46(50)48-33-38-15-5-6-16-42(38)43-17-7-8-18-44(43)48/h2-34H,1H3. The molecule has 0 saturated heterocycles. The van der Waals surface area contributed by atoms with Crippen molar-refractivity contribution in [2.45, 2.75) is 6.92 Å². The van der Waals surface area contributed by atoms with Gasteiger partial charge in [-0.3, -0.25) is 0 Å². The highest BCUT2D eigenvalue weighted by Crippen LogP contribution is 2.43. The number of fused-ring (bicyclic) bond motifs is 6. The Morgan fingerprint density at radius 2 is 0.925 bits per heavy atom. The average Bonchev–Trinajstić information content (AvgIpc) is 3.55. The van der Waals surface area contributed by atoms with Crippen molar-refractivity contribution in [3.63, 3.8) is 0 Å². The highest BCUT2D eigenvalue weighted by molar-refractivity contribution is 6.15. The van der Waals surface area contributed by atoms with Crippen molar-refractivity contribution in [1.29, 1.82) is 0 Å². The Kier molecular flexibility index (Phi) is 7.40. The van der Waals surface area contributed by atoms with Gasteiger partial charge >= 0.3 is 0 Å². The first-order chi connectivity index (χ1) is 26.2. The molecule has 0 saturated carbocycles. The number of anilines is 3. The lowest BCUT2D eigenvalue weighted by Crippen LogP contribution is -2.10. The summed E-state index contributed by atoms with van der Waals surface area (Å²) >= 11 is 0. The van der Waals surface area contributed by atoms with Crippen LogP contribution in [0.1, 0.15) is 5.56 Å². The molecule has 250 valence electrons. The van der Waals surface area contributed by atoms with Gasteiger partial charge in [0.05, 0.1) is 16.7 Å². The number of nitrogens with zero attached hydrogens (tertiary/aromatic N) is 2. The number of aromatic nitrogens is 1. The second-order valence-electron chi connectivity index (χ2n) is 13.8. The van der Waals surface area contributed by atoms with Gasteiger partial charge in [0.25, 0.3) is 0 Å². The number of hydrogen-bond acceptors (Lipinski definition) is 1. The van der Waals surface area contributed by atoms with Gasteiger partial charge in [-0.05, 0) is 99.8 Å². The van der Waals surface area contributed by atoms with Crippen LogP contribution >= 0.6 is 0 Å². The summed E-state index contributed by atoms with van der Waals surface area (Å²) in [6.45, 7) is 2.14. The van der Waals surface area contributed by atoms with Gasteiger partial charge in [-0.1, -0.05) is 151 Å². The Hall–Kier alpha value is -6.90. The van der Waals surface area contributed by atoms with Gasteiger partial charge in [-0.25, -0.2) is 0 Å². The van der Waals surface area contributed by atoms with E-state index >= 15 is 0 Å². The molecule has 2 nitrogen and oxygen atoms in total. The summed E-state index contributed by atoms with van der Waals surface area (Å²) in [5, 5.41) is 7.51. The quantitative estimate of drug-likeness (QED) is 0.159. The molecule has 0 aliphatic carbocycles. The largest absolute Gasteiger partial charge is 0.310 e. The summed E-state index contributed by atoms with van der Waals surface area (Å²) in [5.41, 5.74) is 12.9. The molecule has 0 bridgehead atoms. The molecule has 0 atom stereocenters. The van der Waals surface area contributed by atoms with Crippen molar-refractivity contribution in [1.82, 2.24) is 4.57 Å². The molecule has 1 aromatic heterocycles. The minimum atomic E-state index is 1.10. The Morgan fingerprint density at radius 1 is 0.358 bits per heavy atom. The summed E-state index contributed by atoms with van der Waals surface area (Å²) in [6.07, 6.45) is 0. The first-order valence-corrected chi connectivity index (χ1v) is 18.3. The molecule has 0 radical (unpaired) electrons. The lowest BCUT2D eigenvalue weighted by atomic mass is 9.92. The fourth-order valence-corrected chi connectivity index (χ4v) is 8.11. The van der Waals surface area contributed by atoms with Gasteiger partial charge in [0.1, 0.15) is 0 Å². The van der Waals surface area contributed by atoms with E-state index in [-0.39, 0.29) is 0 Å². The molecular weight excluding hydrogens is 641 g/mol. The number of rotatable bonds is 6. The molecule has 9 aromatic carbocycles. The normalized spacial score (nSPS) is 11.5. The maximum absolute atomic E-state index is 2.47. The molecule has 0 fully saturated rings. The average molecular weight is 677 g/mol. The zero-order valence-corrected chi connectivity index (χ0v) is 29.4. The predicted molar refractivity (Wildman–Crippen MR) is 226 cm³/mol. The van der Waals surface area contributed by atoms with Crippen molar-refractivity contribution in [3.05, 3.63) is 206 Å². The van der Waals surface area contributed by atoms with E-state index in [1.165, 1.54) is 71.2 Å². The van der Waals surface area contributed by atoms with Gasteiger partial charge in [0, 0.05) is 33.4 Å². The van der Waals surface area contributed by atoms with Crippen LogP contribution in [0.15, 0.2) is 200 Å². The van der Waals surface area contributed by atoms with E-state index in [1.807, 2.05) is 0 Å². The Bertz CT molecular complexity index is 2940. The Labute approximate surface area is 309 Å². The number of para-hydroxylation sites is 2. The van der Waals surface area contributed by atoms with Crippen LogP contribution < -0.4 is 4.90 Å². The summed E-state index contributed by atoms with van der Waals surface area (Å²) in [4.78, 5) is 2.37. The van der Waals surface area contributed by atoms with E-state index in [9.17, 15) is 0 Å². The molecule has 10 aromatic rings. The van der Waals surface area contributed by atoms with Gasteiger partial charge in [0.15, 0.2) is 0 Å². The molecule has 0 N–H and O–H groups in total. The summed E-state index contributed by atoms with van der Waals surface area (Å²) in [7, 11) is 0. The van der Waals surface area contributed by atoms with Crippen LogP contribution in [-0.2, 0) is 0 Å². The number of benzene rings is 9. The van der Waals surface area contributed by atoms with E-state index in [0.29, 0.717) is 0 Å². The zero-order chi connectivity index (χ0) is 35.3. The fraction of sp³-hybridized carbons (Fsp3) is 0.0196. The van der Waals surface area contributed by atoms with Crippen LogP contribution in [0, 0.1) is 6.92 Å².